The third kappa shape index (κ3) is 7.34. The van der Waals surface area contributed by atoms with Gasteiger partial charge >= 0.3 is 5.97 Å². The molecule has 178 valence electrons. The molecule has 0 saturated carbocycles. The molecule has 3 atom stereocenters. The topological polar surface area (TPSA) is 90.0 Å². The molecule has 1 unspecified atom stereocenters. The molecule has 7 heteroatoms. The second kappa shape index (κ2) is 11.1. The van der Waals surface area contributed by atoms with Crippen LogP contribution in [0.3, 0.4) is 0 Å². The van der Waals surface area contributed by atoms with Crippen LogP contribution < -0.4 is 5.32 Å². The Balaban J connectivity index is 3.15. The van der Waals surface area contributed by atoms with Crippen molar-refractivity contribution in [2.24, 2.45) is 11.3 Å². The number of amides is 2. The lowest BCUT2D eigenvalue weighted by atomic mass is 9.84. The van der Waals surface area contributed by atoms with Gasteiger partial charge in [-0.3, -0.25) is 14.5 Å². The van der Waals surface area contributed by atoms with Crippen molar-refractivity contribution in [3.05, 3.63) is 11.6 Å². The average molecular weight is 438 g/mol. The van der Waals surface area contributed by atoms with Gasteiger partial charge in [-0.2, -0.15) is 0 Å². The van der Waals surface area contributed by atoms with Crippen molar-refractivity contribution in [2.45, 2.75) is 98.8 Å². The van der Waals surface area contributed by atoms with Crippen LogP contribution in [0.5, 0.6) is 0 Å². The molecule has 1 rings (SSSR count). The Hall–Kier alpha value is -1.89. The fraction of sp³-hybridized carbons (Fsp3) is 0.792. The summed E-state index contributed by atoms with van der Waals surface area (Å²) in [6.45, 7) is 16.3. The first-order chi connectivity index (χ1) is 14.2. The van der Waals surface area contributed by atoms with Crippen molar-refractivity contribution in [1.29, 1.82) is 0 Å². The molecule has 1 saturated heterocycles. The number of likely N-dealkylation sites (N-methyl/N-ethyl adjacent to an activating group) is 1. The number of nitrogens with one attached hydrogen (secondary N) is 1. The van der Waals surface area contributed by atoms with Gasteiger partial charge in [-0.15, -0.1) is 0 Å². The van der Waals surface area contributed by atoms with Crippen LogP contribution in [0.2, 0.25) is 0 Å². The van der Waals surface area contributed by atoms with E-state index in [1.54, 1.807) is 18.0 Å². The summed E-state index contributed by atoms with van der Waals surface area (Å²) in [4.78, 5) is 41.9. The van der Waals surface area contributed by atoms with Crippen LogP contribution in [0.1, 0.15) is 74.7 Å². The normalized spacial score (nSPS) is 20.5. The fourth-order valence-electron chi connectivity index (χ4n) is 4.17. The summed E-state index contributed by atoms with van der Waals surface area (Å²) in [5, 5.41) is 12.3. The molecule has 1 aliphatic rings. The van der Waals surface area contributed by atoms with Gasteiger partial charge in [0.05, 0.1) is 12.1 Å². The molecule has 1 aliphatic heterocycles. The number of carboxylic acids is 1. The van der Waals surface area contributed by atoms with Gasteiger partial charge in [0.2, 0.25) is 11.8 Å². The van der Waals surface area contributed by atoms with E-state index in [1.807, 2.05) is 34.6 Å². The van der Waals surface area contributed by atoms with E-state index in [4.69, 9.17) is 0 Å². The maximum Gasteiger partial charge on any atom is 0.331 e. The molecule has 2 N–H and O–H groups in total. The monoisotopic (exact) mass is 437 g/mol. The largest absolute Gasteiger partial charge is 0.478 e. The number of rotatable bonds is 8. The Morgan fingerprint density at radius 1 is 1.13 bits per heavy atom. The molecule has 31 heavy (non-hydrogen) atoms. The van der Waals surface area contributed by atoms with Gasteiger partial charge in [-0.05, 0) is 51.5 Å². The van der Waals surface area contributed by atoms with Crippen LogP contribution in [0, 0.1) is 11.3 Å². The average Bonchev–Trinajstić information content (AvgIpc) is 2.67. The van der Waals surface area contributed by atoms with E-state index in [1.165, 1.54) is 6.92 Å². The highest BCUT2D eigenvalue weighted by Crippen LogP contribution is 2.25. The molecule has 0 aromatic heterocycles. The van der Waals surface area contributed by atoms with Crippen LogP contribution in [0.4, 0.5) is 0 Å². The van der Waals surface area contributed by atoms with E-state index in [0.29, 0.717) is 0 Å². The molecule has 7 nitrogen and oxygen atoms in total. The van der Waals surface area contributed by atoms with E-state index < -0.39 is 17.4 Å². The Labute approximate surface area is 188 Å². The van der Waals surface area contributed by atoms with Crippen LogP contribution in [-0.4, -0.2) is 70.4 Å². The van der Waals surface area contributed by atoms with Gasteiger partial charge in [-0.25, -0.2) is 4.79 Å². The SMILES string of the molecule is CC(=C[C@H](C(C)C)N(C)C(=O)[C@@H](NC(=O)C1CCCCN1C(C)C)C(C)(C)C)C(=O)O. The minimum atomic E-state index is -1.00. The van der Waals surface area contributed by atoms with E-state index in [-0.39, 0.29) is 41.4 Å². The van der Waals surface area contributed by atoms with Gasteiger partial charge in [-0.1, -0.05) is 47.1 Å². The minimum absolute atomic E-state index is 0.0225. The van der Waals surface area contributed by atoms with E-state index in [2.05, 4.69) is 24.1 Å². The number of aliphatic carboxylic acids is 1. The smallest absolute Gasteiger partial charge is 0.331 e. The lowest BCUT2D eigenvalue weighted by molar-refractivity contribution is -0.142. The predicted octanol–water partition coefficient (Wildman–Crippen LogP) is 3.29. The zero-order valence-corrected chi connectivity index (χ0v) is 20.9. The summed E-state index contributed by atoms with van der Waals surface area (Å²) in [5.74, 6) is -1.29. The second-order valence-electron chi connectivity index (χ2n) is 10.5. The van der Waals surface area contributed by atoms with Crippen LogP contribution in [-0.2, 0) is 14.4 Å². The van der Waals surface area contributed by atoms with Gasteiger partial charge < -0.3 is 15.3 Å². The maximum absolute atomic E-state index is 13.5. The van der Waals surface area contributed by atoms with Crippen LogP contribution in [0.15, 0.2) is 11.6 Å². The highest BCUT2D eigenvalue weighted by molar-refractivity contribution is 5.91. The molecule has 0 spiro atoms. The van der Waals surface area contributed by atoms with Gasteiger partial charge in [0, 0.05) is 18.7 Å². The van der Waals surface area contributed by atoms with Crippen molar-refractivity contribution in [3.63, 3.8) is 0 Å². The summed E-state index contributed by atoms with van der Waals surface area (Å²) >= 11 is 0. The molecule has 0 bridgehead atoms. The molecule has 0 aromatic carbocycles. The number of carbonyl (C=O) groups excluding carboxylic acids is 2. The van der Waals surface area contributed by atoms with Gasteiger partial charge in [0.1, 0.15) is 6.04 Å². The second-order valence-corrected chi connectivity index (χ2v) is 10.5. The molecule has 0 radical (unpaired) electrons. The van der Waals surface area contributed by atoms with Crippen LogP contribution >= 0.6 is 0 Å². The first-order valence-electron chi connectivity index (χ1n) is 11.4. The van der Waals surface area contributed by atoms with Crippen molar-refractivity contribution < 1.29 is 19.5 Å². The summed E-state index contributed by atoms with van der Waals surface area (Å²) < 4.78 is 0. The molecule has 0 aromatic rings. The first-order valence-corrected chi connectivity index (χ1v) is 11.4. The van der Waals surface area contributed by atoms with Crippen molar-refractivity contribution in [1.82, 2.24) is 15.1 Å². The summed E-state index contributed by atoms with van der Waals surface area (Å²) in [7, 11) is 1.69. The fourth-order valence-corrected chi connectivity index (χ4v) is 4.17. The molecule has 1 fully saturated rings. The summed E-state index contributed by atoms with van der Waals surface area (Å²) in [6.07, 6.45) is 4.50. The lowest BCUT2D eigenvalue weighted by Gasteiger charge is -2.41. The number of hydrogen-bond acceptors (Lipinski definition) is 4. The maximum atomic E-state index is 13.5. The molecular formula is C24H43N3O4. The Kier molecular flexibility index (Phi) is 9.73. The highest BCUT2D eigenvalue weighted by Gasteiger charge is 2.39. The van der Waals surface area contributed by atoms with E-state index >= 15 is 0 Å². The zero-order valence-electron chi connectivity index (χ0n) is 20.9. The standard InChI is InChI=1S/C24H43N3O4/c1-15(2)19(14-17(5)23(30)31)26(9)22(29)20(24(6,7)8)25-21(28)18-12-10-11-13-27(18)16(3)4/h14-16,18-20H,10-13H2,1-9H3,(H,25,28)(H,30,31)/t18?,19-,20-/m1/s1. The van der Waals surface area contributed by atoms with Crippen LogP contribution in [0.25, 0.3) is 0 Å². The number of carboxylic acid groups (broad SMARTS) is 1. The van der Waals surface area contributed by atoms with Crippen molar-refractivity contribution >= 4 is 17.8 Å². The van der Waals surface area contributed by atoms with Gasteiger partial charge in [0.15, 0.2) is 0 Å². The quantitative estimate of drug-likeness (QED) is 0.569. The molecule has 0 aliphatic carbocycles. The minimum Gasteiger partial charge on any atom is -0.478 e. The number of hydrogen-bond donors (Lipinski definition) is 2. The lowest BCUT2D eigenvalue weighted by Crippen LogP contribution is -2.60. The molecular weight excluding hydrogens is 394 g/mol. The Morgan fingerprint density at radius 3 is 2.16 bits per heavy atom. The number of likely N-dealkylation sites (tertiary alicyclic amines) is 1. The Morgan fingerprint density at radius 2 is 1.71 bits per heavy atom. The Bertz CT molecular complexity index is 679. The van der Waals surface area contributed by atoms with E-state index in [0.717, 1.165) is 25.8 Å². The molecule has 2 amide bonds. The molecule has 1 heterocycles. The third-order valence-corrected chi connectivity index (χ3v) is 6.15. The highest BCUT2D eigenvalue weighted by atomic mass is 16.4. The predicted molar refractivity (Wildman–Crippen MR) is 124 cm³/mol. The van der Waals surface area contributed by atoms with Gasteiger partial charge in [0.25, 0.3) is 0 Å². The summed E-state index contributed by atoms with van der Waals surface area (Å²) in [5.41, 5.74) is -0.296. The van der Waals surface area contributed by atoms with Crippen molar-refractivity contribution in [2.75, 3.05) is 13.6 Å². The first kappa shape index (κ1) is 27.1. The van der Waals surface area contributed by atoms with Crippen molar-refractivity contribution in [3.8, 4) is 0 Å². The number of carbonyl (C=O) groups is 3. The zero-order chi connectivity index (χ0) is 24.1. The third-order valence-electron chi connectivity index (χ3n) is 6.15. The van der Waals surface area contributed by atoms with E-state index in [9.17, 15) is 19.5 Å². The number of piperidine rings is 1. The summed E-state index contributed by atoms with van der Waals surface area (Å²) in [6, 6.07) is -1.06. The number of nitrogens with zero attached hydrogens (tertiary/aromatic N) is 2.